The van der Waals surface area contributed by atoms with Crippen molar-refractivity contribution >= 4 is 5.78 Å². The summed E-state index contributed by atoms with van der Waals surface area (Å²) in [4.78, 5) is 13.2. The lowest BCUT2D eigenvalue weighted by Crippen LogP contribution is -2.68. The number of carbonyl (C=O) groups is 1. The van der Waals surface area contributed by atoms with E-state index in [1.807, 2.05) is 0 Å². The minimum Gasteiger partial charge on any atom is -0.394 e. The Kier molecular flexibility index (Phi) is 12.9. The quantitative estimate of drug-likeness (QED) is 0.0865. The highest BCUT2D eigenvalue weighted by atomic mass is 16.7. The van der Waals surface area contributed by atoms with E-state index >= 15 is 0 Å². The van der Waals surface area contributed by atoms with Gasteiger partial charge in [-0.15, -0.1) is 0 Å². The molecule has 0 aromatic heterocycles. The number of Topliss-reactive ketones (excluding diaryl/α,β-unsaturated/α-hetero) is 1. The third-order valence-corrected chi connectivity index (χ3v) is 9.51. The maximum Gasteiger partial charge on any atom is 0.186 e. The van der Waals surface area contributed by atoms with Crippen LogP contribution in [0.4, 0.5) is 0 Å². The standard InChI is InChI=1S/C27H51N5O14/c28-10-3-27(42,4-10)15(36)2-9-1-12(29)24(22(41)23(9)45-26-21(40)16(30)18(37)14(8-34)44-26)46-25-17(31)20(39)19(38)13(43-25)6-32-5-11(35)7-33/h9-14,16-26,32-35,37-42H,1-8,28-31H2/t9-,10?,11?,12-,13+,14+,16-,17+,18+,19+,20+,21+,22+,23-,24?,25+,26+,27?/m0/s1. The molecule has 0 amide bonds. The van der Waals surface area contributed by atoms with Gasteiger partial charge in [0.1, 0.15) is 54.4 Å². The summed E-state index contributed by atoms with van der Waals surface area (Å²) in [6.45, 7) is -1.30. The third kappa shape index (κ3) is 8.04. The van der Waals surface area contributed by atoms with Gasteiger partial charge in [-0.1, -0.05) is 0 Å². The van der Waals surface area contributed by atoms with Crippen LogP contribution in [0.3, 0.4) is 0 Å². The Hall–Kier alpha value is -1.05. The molecule has 0 spiro atoms. The molecule has 0 radical (unpaired) electrons. The van der Waals surface area contributed by atoms with Crippen LogP contribution < -0.4 is 28.3 Å². The molecule has 2 aliphatic carbocycles. The monoisotopic (exact) mass is 669 g/mol. The fraction of sp³-hybridized carbons (Fsp3) is 0.963. The van der Waals surface area contributed by atoms with E-state index in [1.165, 1.54) is 0 Å². The molecule has 2 saturated carbocycles. The van der Waals surface area contributed by atoms with Gasteiger partial charge in [0.15, 0.2) is 18.4 Å². The number of rotatable bonds is 13. The summed E-state index contributed by atoms with van der Waals surface area (Å²) in [6, 6.07) is -3.93. The maximum atomic E-state index is 13.2. The first-order valence-corrected chi connectivity index (χ1v) is 15.5. The molecule has 2 aliphatic heterocycles. The molecule has 16 atom stereocenters. The van der Waals surface area contributed by atoms with Gasteiger partial charge < -0.3 is 93.2 Å². The summed E-state index contributed by atoms with van der Waals surface area (Å²) in [6.07, 6.45) is -17.0. The van der Waals surface area contributed by atoms with Crippen molar-refractivity contribution in [2.45, 2.75) is 129 Å². The Labute approximate surface area is 265 Å². The Balaban J connectivity index is 1.53. The van der Waals surface area contributed by atoms with Gasteiger partial charge in [0, 0.05) is 31.6 Å². The van der Waals surface area contributed by atoms with Crippen molar-refractivity contribution in [3.8, 4) is 0 Å². The number of aliphatic hydroxyl groups excluding tert-OH is 8. The molecular weight excluding hydrogens is 618 g/mol. The van der Waals surface area contributed by atoms with Crippen molar-refractivity contribution in [2.75, 3.05) is 26.3 Å². The predicted molar refractivity (Wildman–Crippen MR) is 154 cm³/mol. The topological polar surface area (TPSA) is 352 Å². The Bertz CT molecular complexity index is 996. The van der Waals surface area contributed by atoms with Crippen LogP contribution in [0.5, 0.6) is 0 Å². The van der Waals surface area contributed by atoms with Crippen molar-refractivity contribution in [1.29, 1.82) is 0 Å². The molecule has 4 aliphatic rings. The first kappa shape index (κ1) is 37.8. The molecule has 19 nitrogen and oxygen atoms in total. The number of hydrogen-bond donors (Lipinski definition) is 14. The van der Waals surface area contributed by atoms with Crippen LogP contribution in [0, 0.1) is 5.92 Å². The van der Waals surface area contributed by atoms with Gasteiger partial charge in [0.25, 0.3) is 0 Å². The maximum absolute atomic E-state index is 13.2. The predicted octanol–water partition coefficient (Wildman–Crippen LogP) is -8.24. The van der Waals surface area contributed by atoms with Crippen LogP contribution in [-0.2, 0) is 23.7 Å². The Morgan fingerprint density at radius 2 is 1.48 bits per heavy atom. The highest BCUT2D eigenvalue weighted by Crippen LogP contribution is 2.39. The summed E-state index contributed by atoms with van der Waals surface area (Å²) < 4.78 is 23.4. The second kappa shape index (κ2) is 15.7. The van der Waals surface area contributed by atoms with Crippen LogP contribution in [0.15, 0.2) is 0 Å². The summed E-state index contributed by atoms with van der Waals surface area (Å²) in [7, 11) is 0. The van der Waals surface area contributed by atoms with E-state index in [2.05, 4.69) is 5.32 Å². The van der Waals surface area contributed by atoms with Crippen LogP contribution in [0.1, 0.15) is 25.7 Å². The van der Waals surface area contributed by atoms with Gasteiger partial charge >= 0.3 is 0 Å². The van der Waals surface area contributed by atoms with Crippen LogP contribution >= 0.6 is 0 Å². The number of carbonyl (C=O) groups excluding carboxylic acids is 1. The zero-order chi connectivity index (χ0) is 34.1. The van der Waals surface area contributed by atoms with Crippen molar-refractivity contribution in [1.82, 2.24) is 5.32 Å². The number of ketones is 1. The van der Waals surface area contributed by atoms with E-state index in [0.717, 1.165) is 0 Å². The number of ether oxygens (including phenoxy) is 4. The van der Waals surface area contributed by atoms with Crippen molar-refractivity contribution < 1.29 is 69.7 Å². The first-order chi connectivity index (χ1) is 21.6. The average Bonchev–Trinajstić information content (AvgIpc) is 3.00. The fourth-order valence-corrected chi connectivity index (χ4v) is 6.61. The number of nitrogens with one attached hydrogen (secondary N) is 1. The molecule has 0 bridgehead atoms. The molecule has 2 heterocycles. The molecule has 0 aromatic carbocycles. The van der Waals surface area contributed by atoms with Gasteiger partial charge in [0.05, 0.1) is 37.5 Å². The summed E-state index contributed by atoms with van der Waals surface area (Å²) >= 11 is 0. The molecular formula is C27H51N5O14. The van der Waals surface area contributed by atoms with Crippen molar-refractivity contribution in [2.24, 2.45) is 28.9 Å². The second-order valence-corrected chi connectivity index (χ2v) is 13.1. The van der Waals surface area contributed by atoms with E-state index in [4.69, 9.17) is 47.0 Å². The molecule has 2 saturated heterocycles. The van der Waals surface area contributed by atoms with E-state index < -0.39 is 122 Å². The first-order valence-electron chi connectivity index (χ1n) is 15.5. The fourth-order valence-electron chi connectivity index (χ4n) is 6.61. The lowest BCUT2D eigenvalue weighted by atomic mass is 9.69. The number of hydrogen-bond acceptors (Lipinski definition) is 19. The minimum atomic E-state index is -1.66. The van der Waals surface area contributed by atoms with E-state index in [0.29, 0.717) is 0 Å². The normalized spacial score (nSPS) is 48.9. The van der Waals surface area contributed by atoms with Gasteiger partial charge in [-0.2, -0.15) is 0 Å². The molecule has 4 fully saturated rings. The molecule has 2 unspecified atom stereocenters. The zero-order valence-electron chi connectivity index (χ0n) is 25.3. The van der Waals surface area contributed by atoms with Gasteiger partial charge in [0.2, 0.25) is 0 Å². The van der Waals surface area contributed by atoms with Crippen LogP contribution in [0.25, 0.3) is 0 Å². The van der Waals surface area contributed by atoms with Crippen molar-refractivity contribution in [3.05, 3.63) is 0 Å². The number of aliphatic hydroxyl groups is 9. The SMILES string of the molecule is NC1CC(O)(C(=O)C[C@@H]2C[C@H](N)C(O[C@H]3O[C@H](CNCC(O)CO)[C@@H](O)[C@H](O)[C@H]3N)[C@H](O)[C@H]2O[C@H]2O[C@H](CO)[C@@H](O)[C@H](N)[C@H]2O)C1. The van der Waals surface area contributed by atoms with Crippen molar-refractivity contribution in [3.63, 3.8) is 0 Å². The molecule has 4 rings (SSSR count). The van der Waals surface area contributed by atoms with Gasteiger partial charge in [-0.25, -0.2) is 0 Å². The lowest BCUT2D eigenvalue weighted by molar-refractivity contribution is -0.323. The molecule has 46 heavy (non-hydrogen) atoms. The molecule has 0 aromatic rings. The molecule has 19 heteroatoms. The second-order valence-electron chi connectivity index (χ2n) is 13.1. The molecule has 18 N–H and O–H groups in total. The summed E-state index contributed by atoms with van der Waals surface area (Å²) in [5.41, 5.74) is 22.6. The average molecular weight is 670 g/mol. The van der Waals surface area contributed by atoms with Gasteiger partial charge in [-0.05, 0) is 25.2 Å². The Morgan fingerprint density at radius 1 is 0.848 bits per heavy atom. The van der Waals surface area contributed by atoms with E-state index in [9.17, 15) is 45.6 Å². The minimum absolute atomic E-state index is 0.0155. The zero-order valence-corrected chi connectivity index (χ0v) is 25.3. The van der Waals surface area contributed by atoms with E-state index in [1.54, 1.807) is 0 Å². The van der Waals surface area contributed by atoms with Crippen LogP contribution in [-0.4, -0.2) is 181 Å². The summed E-state index contributed by atoms with van der Waals surface area (Å²) in [5.74, 6) is -1.40. The lowest BCUT2D eigenvalue weighted by Gasteiger charge is -2.49. The highest BCUT2D eigenvalue weighted by molar-refractivity contribution is 5.88. The van der Waals surface area contributed by atoms with Crippen LogP contribution in [0.2, 0.25) is 0 Å². The highest BCUT2D eigenvalue weighted by Gasteiger charge is 2.54. The largest absolute Gasteiger partial charge is 0.394 e. The smallest absolute Gasteiger partial charge is 0.186 e. The van der Waals surface area contributed by atoms with E-state index in [-0.39, 0.29) is 44.8 Å². The number of nitrogens with two attached hydrogens (primary N) is 4. The third-order valence-electron chi connectivity index (χ3n) is 9.51. The van der Waals surface area contributed by atoms with Gasteiger partial charge in [-0.3, -0.25) is 4.79 Å². The Morgan fingerprint density at radius 3 is 2.09 bits per heavy atom. The molecule has 268 valence electrons. The summed E-state index contributed by atoms with van der Waals surface area (Å²) in [5, 5.41) is 95.5.